The Morgan fingerprint density at radius 2 is 2.33 bits per heavy atom. The molecular weight excluding hydrogens is 284 g/mol. The molecule has 116 valence electrons. The van der Waals surface area contributed by atoms with Gasteiger partial charge in [-0.25, -0.2) is 0 Å². The molecule has 0 radical (unpaired) electrons. The van der Waals surface area contributed by atoms with Crippen LogP contribution in [-0.4, -0.2) is 48.8 Å². The van der Waals surface area contributed by atoms with Gasteiger partial charge >= 0.3 is 12.6 Å². The molecule has 0 aliphatic carbocycles. The number of benzene rings is 1. The number of rotatable bonds is 6. The van der Waals surface area contributed by atoms with E-state index in [0.29, 0.717) is 26.2 Å². The van der Waals surface area contributed by atoms with Crippen LogP contribution < -0.4 is 4.74 Å². The van der Waals surface area contributed by atoms with E-state index in [1.807, 2.05) is 4.90 Å². The highest BCUT2D eigenvalue weighted by Crippen LogP contribution is 2.26. The largest absolute Gasteiger partial charge is 0.481 e. The highest BCUT2D eigenvalue weighted by molar-refractivity contribution is 5.66. The minimum Gasteiger partial charge on any atom is -0.481 e. The van der Waals surface area contributed by atoms with Gasteiger partial charge in [-0.3, -0.25) is 9.69 Å². The summed E-state index contributed by atoms with van der Waals surface area (Å²) in [5.74, 6) is -0.751. The van der Waals surface area contributed by atoms with Crippen molar-refractivity contribution in [2.75, 3.05) is 26.2 Å². The fourth-order valence-corrected chi connectivity index (χ4v) is 2.25. The summed E-state index contributed by atoms with van der Waals surface area (Å²) >= 11 is 0. The van der Waals surface area contributed by atoms with Crippen molar-refractivity contribution < 1.29 is 28.2 Å². The van der Waals surface area contributed by atoms with Crippen molar-refractivity contribution in [1.29, 1.82) is 0 Å². The molecule has 1 aliphatic heterocycles. The van der Waals surface area contributed by atoms with Crippen molar-refractivity contribution in [2.45, 2.75) is 19.1 Å². The molecule has 7 heteroatoms. The Kier molecular flexibility index (Phi) is 5.46. The van der Waals surface area contributed by atoms with Crippen LogP contribution in [0.25, 0.3) is 0 Å². The number of aliphatic carboxylic acids is 1. The van der Waals surface area contributed by atoms with Gasteiger partial charge in [-0.2, -0.15) is 8.78 Å². The zero-order chi connectivity index (χ0) is 15.2. The van der Waals surface area contributed by atoms with Crippen LogP contribution in [-0.2, 0) is 9.53 Å². The zero-order valence-corrected chi connectivity index (χ0v) is 11.4. The molecule has 0 amide bonds. The Morgan fingerprint density at radius 1 is 1.52 bits per heavy atom. The maximum Gasteiger partial charge on any atom is 0.387 e. The predicted octanol–water partition coefficient (Wildman–Crippen LogP) is 2.14. The summed E-state index contributed by atoms with van der Waals surface area (Å²) in [5.41, 5.74) is 0.744. The minimum absolute atomic E-state index is 0.0707. The standard InChI is InChI=1S/C14H17F2NO4/c15-14(16)21-11-3-1-2-10(8-11)12-9-17(6-7-20-12)5-4-13(18)19/h1-3,8,12,14H,4-7,9H2,(H,18,19). The number of ether oxygens (including phenoxy) is 2. The topological polar surface area (TPSA) is 59.0 Å². The summed E-state index contributed by atoms with van der Waals surface area (Å²) in [5, 5.41) is 8.70. The monoisotopic (exact) mass is 301 g/mol. The Morgan fingerprint density at radius 3 is 3.05 bits per heavy atom. The van der Waals surface area contributed by atoms with Crippen molar-refractivity contribution in [2.24, 2.45) is 0 Å². The smallest absolute Gasteiger partial charge is 0.387 e. The molecule has 0 aromatic heterocycles. The molecule has 0 saturated carbocycles. The Bertz CT molecular complexity index is 484. The molecule has 1 aromatic carbocycles. The lowest BCUT2D eigenvalue weighted by atomic mass is 10.1. The third-order valence-electron chi connectivity index (χ3n) is 3.25. The summed E-state index contributed by atoms with van der Waals surface area (Å²) in [6.07, 6.45) is -0.199. The molecule has 1 N–H and O–H groups in total. The third-order valence-corrected chi connectivity index (χ3v) is 3.25. The van der Waals surface area contributed by atoms with Crippen LogP contribution >= 0.6 is 0 Å². The Hall–Kier alpha value is -1.73. The number of morpholine rings is 1. The SMILES string of the molecule is O=C(O)CCN1CCOC(c2cccc(OC(F)F)c2)C1. The fourth-order valence-electron chi connectivity index (χ4n) is 2.25. The lowest BCUT2D eigenvalue weighted by Gasteiger charge is -2.32. The molecule has 1 aliphatic rings. The summed E-state index contributed by atoms with van der Waals surface area (Å²) in [4.78, 5) is 12.6. The van der Waals surface area contributed by atoms with Crippen molar-refractivity contribution in [3.8, 4) is 5.75 Å². The van der Waals surface area contributed by atoms with E-state index in [2.05, 4.69) is 4.74 Å². The minimum atomic E-state index is -2.86. The molecule has 5 nitrogen and oxygen atoms in total. The average Bonchev–Trinajstić information content (AvgIpc) is 2.45. The van der Waals surface area contributed by atoms with E-state index in [9.17, 15) is 13.6 Å². The fraction of sp³-hybridized carbons (Fsp3) is 0.500. The van der Waals surface area contributed by atoms with Gasteiger partial charge in [0.15, 0.2) is 0 Å². The first-order chi connectivity index (χ1) is 10.0. The summed E-state index contributed by atoms with van der Waals surface area (Å²) in [7, 11) is 0. The number of carboxylic acid groups (broad SMARTS) is 1. The molecule has 1 aromatic rings. The summed E-state index contributed by atoms with van der Waals surface area (Å²) in [6.45, 7) is -0.741. The van der Waals surface area contributed by atoms with Gasteiger partial charge in [0, 0.05) is 19.6 Å². The highest BCUT2D eigenvalue weighted by atomic mass is 19.3. The van der Waals surface area contributed by atoms with E-state index in [1.54, 1.807) is 12.1 Å². The van der Waals surface area contributed by atoms with E-state index in [1.165, 1.54) is 12.1 Å². The first-order valence-electron chi connectivity index (χ1n) is 6.65. The van der Waals surface area contributed by atoms with Gasteiger partial charge in [0.25, 0.3) is 0 Å². The molecule has 0 bridgehead atoms. The van der Waals surface area contributed by atoms with E-state index in [-0.39, 0.29) is 18.3 Å². The highest BCUT2D eigenvalue weighted by Gasteiger charge is 2.22. The van der Waals surface area contributed by atoms with Crippen LogP contribution in [0, 0.1) is 0 Å². The second-order valence-electron chi connectivity index (χ2n) is 4.75. The van der Waals surface area contributed by atoms with E-state index in [0.717, 1.165) is 5.56 Å². The molecule has 21 heavy (non-hydrogen) atoms. The number of carboxylic acids is 1. The first-order valence-corrected chi connectivity index (χ1v) is 6.65. The molecule has 0 spiro atoms. The van der Waals surface area contributed by atoms with Gasteiger partial charge in [-0.1, -0.05) is 12.1 Å². The second-order valence-corrected chi connectivity index (χ2v) is 4.75. The lowest BCUT2D eigenvalue weighted by molar-refractivity contribution is -0.137. The average molecular weight is 301 g/mol. The first kappa shape index (κ1) is 15.7. The predicted molar refractivity (Wildman–Crippen MR) is 70.5 cm³/mol. The molecular formula is C14H17F2NO4. The maximum absolute atomic E-state index is 12.2. The van der Waals surface area contributed by atoms with Gasteiger partial charge in [-0.05, 0) is 17.7 Å². The molecule has 1 unspecified atom stereocenters. The van der Waals surface area contributed by atoms with Crippen molar-refractivity contribution in [1.82, 2.24) is 4.90 Å². The molecule has 2 rings (SSSR count). The zero-order valence-electron chi connectivity index (χ0n) is 11.4. The lowest BCUT2D eigenvalue weighted by Crippen LogP contribution is -2.39. The number of hydrogen-bond donors (Lipinski definition) is 1. The quantitative estimate of drug-likeness (QED) is 0.872. The van der Waals surface area contributed by atoms with Crippen LogP contribution in [0.3, 0.4) is 0 Å². The summed E-state index contributed by atoms with van der Waals surface area (Å²) in [6, 6.07) is 6.40. The van der Waals surface area contributed by atoms with Crippen LogP contribution in [0.1, 0.15) is 18.1 Å². The van der Waals surface area contributed by atoms with Crippen LogP contribution in [0.15, 0.2) is 24.3 Å². The van der Waals surface area contributed by atoms with Crippen molar-refractivity contribution >= 4 is 5.97 Å². The van der Waals surface area contributed by atoms with Crippen LogP contribution in [0.4, 0.5) is 8.78 Å². The van der Waals surface area contributed by atoms with Gasteiger partial charge in [0.1, 0.15) is 5.75 Å². The number of alkyl halides is 2. The van der Waals surface area contributed by atoms with Crippen molar-refractivity contribution in [3.05, 3.63) is 29.8 Å². The van der Waals surface area contributed by atoms with Gasteiger partial charge in [0.2, 0.25) is 0 Å². The Balaban J connectivity index is 1.98. The maximum atomic E-state index is 12.2. The van der Waals surface area contributed by atoms with Crippen LogP contribution in [0.5, 0.6) is 5.75 Å². The molecule has 1 heterocycles. The molecule has 1 fully saturated rings. The second kappa shape index (κ2) is 7.33. The van der Waals surface area contributed by atoms with E-state index >= 15 is 0 Å². The number of halogens is 2. The van der Waals surface area contributed by atoms with Gasteiger partial charge < -0.3 is 14.6 Å². The van der Waals surface area contributed by atoms with Gasteiger partial charge in [0.05, 0.1) is 19.1 Å². The number of carbonyl (C=O) groups is 1. The summed E-state index contributed by atoms with van der Waals surface area (Å²) < 4.78 is 34.4. The van der Waals surface area contributed by atoms with Gasteiger partial charge in [-0.15, -0.1) is 0 Å². The van der Waals surface area contributed by atoms with Crippen LogP contribution in [0.2, 0.25) is 0 Å². The molecule has 1 atom stereocenters. The normalized spacial score (nSPS) is 19.7. The number of hydrogen-bond acceptors (Lipinski definition) is 4. The third kappa shape index (κ3) is 4.95. The van der Waals surface area contributed by atoms with E-state index in [4.69, 9.17) is 9.84 Å². The molecule has 1 saturated heterocycles. The number of nitrogens with zero attached hydrogens (tertiary/aromatic N) is 1. The van der Waals surface area contributed by atoms with E-state index < -0.39 is 12.6 Å². The van der Waals surface area contributed by atoms with Crippen molar-refractivity contribution in [3.63, 3.8) is 0 Å². The Labute approximate surface area is 121 Å².